The third kappa shape index (κ3) is 4.52. The molecule has 1 aromatic carbocycles. The molecular formula is C19H20ClN3O3. The molecule has 0 aliphatic heterocycles. The molecule has 0 spiro atoms. The lowest BCUT2D eigenvalue weighted by Gasteiger charge is -2.22. The highest BCUT2D eigenvalue weighted by Gasteiger charge is 2.25. The first kappa shape index (κ1) is 18.2. The van der Waals surface area contributed by atoms with Crippen molar-refractivity contribution in [2.75, 3.05) is 23.3 Å². The Morgan fingerprint density at radius 3 is 2.54 bits per heavy atom. The largest absolute Gasteiger partial charge is 0.478 e. The van der Waals surface area contributed by atoms with Crippen molar-refractivity contribution in [3.05, 3.63) is 52.7 Å². The number of carbonyl (C=O) groups excluding carboxylic acids is 1. The summed E-state index contributed by atoms with van der Waals surface area (Å²) < 4.78 is 0. The molecule has 2 aromatic rings. The molecule has 6 nitrogen and oxygen atoms in total. The Morgan fingerprint density at radius 2 is 1.96 bits per heavy atom. The van der Waals surface area contributed by atoms with Crippen LogP contribution in [0.1, 0.15) is 40.6 Å². The first-order chi connectivity index (χ1) is 12.5. The van der Waals surface area contributed by atoms with Gasteiger partial charge in [-0.05, 0) is 62.1 Å². The van der Waals surface area contributed by atoms with Crippen LogP contribution in [0.15, 0.2) is 36.4 Å². The summed E-state index contributed by atoms with van der Waals surface area (Å²) in [6.45, 7) is 3.76. The van der Waals surface area contributed by atoms with Gasteiger partial charge < -0.3 is 15.3 Å². The molecule has 0 bridgehead atoms. The maximum atomic E-state index is 12.5. The van der Waals surface area contributed by atoms with E-state index in [-0.39, 0.29) is 17.2 Å². The highest BCUT2D eigenvalue weighted by Crippen LogP contribution is 2.31. The second-order valence-corrected chi connectivity index (χ2v) is 6.78. The number of amides is 1. The number of nitrogens with one attached hydrogen (secondary N) is 1. The molecule has 3 rings (SSSR count). The average Bonchev–Trinajstić information content (AvgIpc) is 3.43. The van der Waals surface area contributed by atoms with E-state index in [1.165, 1.54) is 43.2 Å². The smallest absolute Gasteiger partial charge is 0.335 e. The van der Waals surface area contributed by atoms with Crippen LogP contribution in [-0.2, 0) is 0 Å². The van der Waals surface area contributed by atoms with E-state index >= 15 is 0 Å². The lowest BCUT2D eigenvalue weighted by atomic mass is 10.2. The molecule has 26 heavy (non-hydrogen) atoms. The first-order valence-corrected chi connectivity index (χ1v) is 8.91. The molecule has 0 atom stereocenters. The molecule has 1 fully saturated rings. The molecular weight excluding hydrogens is 354 g/mol. The fourth-order valence-corrected chi connectivity index (χ4v) is 2.85. The number of halogens is 1. The Balaban J connectivity index is 1.76. The Kier molecular flexibility index (Phi) is 5.42. The first-order valence-electron chi connectivity index (χ1n) is 8.53. The molecule has 1 aromatic heterocycles. The average molecular weight is 374 g/mol. The van der Waals surface area contributed by atoms with Crippen LogP contribution >= 0.6 is 11.6 Å². The monoisotopic (exact) mass is 373 g/mol. The summed E-state index contributed by atoms with van der Waals surface area (Å²) in [4.78, 5) is 30.0. The normalized spacial score (nSPS) is 13.3. The number of pyridine rings is 1. The third-order valence-corrected chi connectivity index (χ3v) is 4.50. The highest BCUT2D eigenvalue weighted by molar-refractivity contribution is 6.31. The van der Waals surface area contributed by atoms with Crippen LogP contribution in [0.25, 0.3) is 0 Å². The summed E-state index contributed by atoms with van der Waals surface area (Å²) in [5.74, 6) is -0.0160. The van der Waals surface area contributed by atoms with E-state index in [4.69, 9.17) is 16.7 Å². The third-order valence-electron chi connectivity index (χ3n) is 4.28. The molecule has 7 heteroatoms. The van der Waals surface area contributed by atoms with Gasteiger partial charge in [-0.25, -0.2) is 9.78 Å². The fraction of sp³-hybridized carbons (Fsp3) is 0.316. The lowest BCUT2D eigenvalue weighted by molar-refractivity contribution is 0.0696. The highest BCUT2D eigenvalue weighted by atomic mass is 35.5. The van der Waals surface area contributed by atoms with Crippen LogP contribution in [0, 0.1) is 5.92 Å². The van der Waals surface area contributed by atoms with Crippen molar-refractivity contribution in [2.45, 2.75) is 19.8 Å². The van der Waals surface area contributed by atoms with Crippen LogP contribution in [0.4, 0.5) is 11.5 Å². The zero-order valence-corrected chi connectivity index (χ0v) is 15.2. The topological polar surface area (TPSA) is 82.5 Å². The lowest BCUT2D eigenvalue weighted by Crippen LogP contribution is -2.27. The number of aromatic nitrogens is 1. The number of hydrogen-bond acceptors (Lipinski definition) is 4. The van der Waals surface area contributed by atoms with Gasteiger partial charge >= 0.3 is 5.97 Å². The van der Waals surface area contributed by atoms with Crippen LogP contribution in [-0.4, -0.2) is 35.1 Å². The van der Waals surface area contributed by atoms with Gasteiger partial charge in [0.2, 0.25) is 0 Å². The summed E-state index contributed by atoms with van der Waals surface area (Å²) in [5, 5.41) is 12.1. The molecule has 2 N–H and O–H groups in total. The van der Waals surface area contributed by atoms with Gasteiger partial charge in [0.15, 0.2) is 0 Å². The summed E-state index contributed by atoms with van der Waals surface area (Å²) >= 11 is 6.19. The van der Waals surface area contributed by atoms with E-state index in [1.54, 1.807) is 6.07 Å². The van der Waals surface area contributed by atoms with Crippen molar-refractivity contribution in [3.63, 3.8) is 0 Å². The van der Waals surface area contributed by atoms with Gasteiger partial charge in [-0.15, -0.1) is 0 Å². The Labute approximate surface area is 156 Å². The van der Waals surface area contributed by atoms with Gasteiger partial charge in [0.1, 0.15) is 11.5 Å². The summed E-state index contributed by atoms with van der Waals surface area (Å²) in [7, 11) is 0. The molecule has 136 valence electrons. The van der Waals surface area contributed by atoms with Crippen LogP contribution < -0.4 is 10.2 Å². The molecule has 0 saturated heterocycles. The molecule has 1 heterocycles. The number of aromatic carboxylic acids is 1. The minimum Gasteiger partial charge on any atom is -0.478 e. The quantitative estimate of drug-likeness (QED) is 0.768. The van der Waals surface area contributed by atoms with E-state index in [2.05, 4.69) is 22.1 Å². The molecule has 1 aliphatic rings. The predicted octanol–water partition coefficient (Wildman–Crippen LogP) is 3.92. The van der Waals surface area contributed by atoms with Crippen molar-refractivity contribution in [1.82, 2.24) is 4.98 Å². The van der Waals surface area contributed by atoms with Gasteiger partial charge in [-0.1, -0.05) is 11.6 Å². The number of hydrogen-bond donors (Lipinski definition) is 2. The maximum Gasteiger partial charge on any atom is 0.335 e. The van der Waals surface area contributed by atoms with Gasteiger partial charge in [0, 0.05) is 23.8 Å². The van der Waals surface area contributed by atoms with Crippen molar-refractivity contribution < 1.29 is 14.7 Å². The number of rotatable bonds is 7. The van der Waals surface area contributed by atoms with E-state index in [0.29, 0.717) is 22.4 Å². The zero-order valence-electron chi connectivity index (χ0n) is 14.4. The zero-order chi connectivity index (χ0) is 18.7. The molecule has 0 unspecified atom stereocenters. The SMILES string of the molecule is CCN(CC1CC1)c1cc(Cl)cc(C(=O)Nc2ccc(C(=O)O)cc2)n1. The van der Waals surface area contributed by atoms with E-state index < -0.39 is 5.97 Å². The number of carboxylic acid groups (broad SMARTS) is 1. The van der Waals surface area contributed by atoms with Crippen molar-refractivity contribution in [2.24, 2.45) is 5.92 Å². The number of anilines is 2. The Hall–Kier alpha value is -2.60. The van der Waals surface area contributed by atoms with Gasteiger partial charge in [-0.2, -0.15) is 0 Å². The Morgan fingerprint density at radius 1 is 1.27 bits per heavy atom. The molecule has 1 aliphatic carbocycles. The maximum absolute atomic E-state index is 12.5. The van der Waals surface area contributed by atoms with E-state index in [9.17, 15) is 9.59 Å². The van der Waals surface area contributed by atoms with Crippen LogP contribution in [0.5, 0.6) is 0 Å². The summed E-state index contributed by atoms with van der Waals surface area (Å²) in [6.07, 6.45) is 2.47. The Bertz CT molecular complexity index is 819. The molecule has 1 saturated carbocycles. The number of benzene rings is 1. The van der Waals surface area contributed by atoms with Crippen LogP contribution in [0.2, 0.25) is 5.02 Å². The molecule has 0 radical (unpaired) electrons. The van der Waals surface area contributed by atoms with Crippen molar-refractivity contribution in [1.29, 1.82) is 0 Å². The summed E-state index contributed by atoms with van der Waals surface area (Å²) in [5.41, 5.74) is 0.877. The number of carboxylic acids is 1. The predicted molar refractivity (Wildman–Crippen MR) is 101 cm³/mol. The standard InChI is InChI=1S/C19H20ClN3O3/c1-2-23(11-12-3-4-12)17-10-14(20)9-16(22-17)18(24)21-15-7-5-13(6-8-15)19(25)26/h5-10,12H,2-4,11H2,1H3,(H,21,24)(H,25,26). The van der Waals surface area contributed by atoms with Gasteiger partial charge in [0.25, 0.3) is 5.91 Å². The number of carbonyl (C=O) groups is 2. The summed E-state index contributed by atoms with van der Waals surface area (Å²) in [6, 6.07) is 9.24. The minimum atomic E-state index is -1.01. The van der Waals surface area contributed by atoms with Crippen molar-refractivity contribution in [3.8, 4) is 0 Å². The minimum absolute atomic E-state index is 0.157. The van der Waals surface area contributed by atoms with Gasteiger partial charge in [0.05, 0.1) is 5.56 Å². The van der Waals surface area contributed by atoms with Crippen molar-refractivity contribution >= 4 is 35.0 Å². The van der Waals surface area contributed by atoms with Crippen LogP contribution in [0.3, 0.4) is 0 Å². The molecule has 1 amide bonds. The number of nitrogens with zero attached hydrogens (tertiary/aromatic N) is 2. The van der Waals surface area contributed by atoms with E-state index in [1.807, 2.05) is 0 Å². The fourth-order valence-electron chi connectivity index (χ4n) is 2.65. The second kappa shape index (κ2) is 7.74. The second-order valence-electron chi connectivity index (χ2n) is 6.35. The van der Waals surface area contributed by atoms with E-state index in [0.717, 1.165) is 13.1 Å². The van der Waals surface area contributed by atoms with Gasteiger partial charge in [-0.3, -0.25) is 4.79 Å².